The Hall–Kier alpha value is -0.340. The minimum atomic E-state index is 0.582. The first-order chi connectivity index (χ1) is 6.77. The Morgan fingerprint density at radius 1 is 1.21 bits per heavy atom. The molecule has 1 saturated carbocycles. The molecule has 1 fully saturated rings. The van der Waals surface area contributed by atoms with E-state index in [1.54, 1.807) is 0 Å². The number of nitrogens with one attached hydrogen (secondary N) is 2. The first-order valence-electron chi connectivity index (χ1n) is 5.79. The van der Waals surface area contributed by atoms with Gasteiger partial charge in [0.1, 0.15) is 0 Å². The van der Waals surface area contributed by atoms with Crippen molar-refractivity contribution in [2.75, 3.05) is 26.2 Å². The van der Waals surface area contributed by atoms with Crippen molar-refractivity contribution in [1.29, 1.82) is 0 Å². The highest BCUT2D eigenvalue weighted by Gasteiger charge is 2.27. The lowest BCUT2D eigenvalue weighted by Gasteiger charge is -2.23. The van der Waals surface area contributed by atoms with Crippen LogP contribution in [0.15, 0.2) is 12.7 Å². The van der Waals surface area contributed by atoms with Gasteiger partial charge in [-0.1, -0.05) is 25.8 Å². The van der Waals surface area contributed by atoms with Crippen LogP contribution in [0.4, 0.5) is 0 Å². The maximum atomic E-state index is 3.67. The Morgan fingerprint density at radius 3 is 2.50 bits per heavy atom. The molecule has 0 spiro atoms. The average Bonchev–Trinajstić information content (AvgIpc) is 2.59. The average molecular weight is 196 g/mol. The van der Waals surface area contributed by atoms with E-state index in [0.717, 1.165) is 19.6 Å². The molecule has 82 valence electrons. The number of rotatable bonds is 7. The fourth-order valence-electron chi connectivity index (χ4n) is 2.18. The van der Waals surface area contributed by atoms with Gasteiger partial charge in [0.15, 0.2) is 0 Å². The van der Waals surface area contributed by atoms with E-state index in [1.165, 1.54) is 32.2 Å². The molecular formula is C12H24N2. The summed E-state index contributed by atoms with van der Waals surface area (Å²) in [6.45, 7) is 10.3. The van der Waals surface area contributed by atoms with Crippen molar-refractivity contribution in [1.82, 2.24) is 10.6 Å². The van der Waals surface area contributed by atoms with E-state index < -0.39 is 0 Å². The van der Waals surface area contributed by atoms with Crippen LogP contribution in [0.5, 0.6) is 0 Å². The molecule has 0 amide bonds. The Kier molecular flexibility index (Phi) is 5.20. The molecule has 2 N–H and O–H groups in total. The third-order valence-corrected chi connectivity index (χ3v) is 3.13. The largest absolute Gasteiger partial charge is 0.315 e. The minimum Gasteiger partial charge on any atom is -0.315 e. The first-order valence-corrected chi connectivity index (χ1v) is 5.79. The van der Waals surface area contributed by atoms with Crippen LogP contribution in [0.25, 0.3) is 0 Å². The zero-order valence-corrected chi connectivity index (χ0v) is 9.44. The van der Waals surface area contributed by atoms with Crippen molar-refractivity contribution in [3.8, 4) is 0 Å². The molecule has 0 radical (unpaired) electrons. The summed E-state index contributed by atoms with van der Waals surface area (Å²) in [4.78, 5) is 0. The van der Waals surface area contributed by atoms with Crippen molar-refractivity contribution >= 4 is 0 Å². The zero-order chi connectivity index (χ0) is 10.3. The summed E-state index contributed by atoms with van der Waals surface area (Å²) in [5.41, 5.74) is 0.582. The standard InChI is InChI=1S/C12H24N2/c1-3-8-13-9-10-14-11-12(2)6-4-5-7-12/h3,13-14H,1,4-11H2,2H3. The topological polar surface area (TPSA) is 24.1 Å². The number of hydrogen-bond acceptors (Lipinski definition) is 2. The maximum Gasteiger partial charge on any atom is 0.0132 e. The van der Waals surface area contributed by atoms with Gasteiger partial charge in [0.2, 0.25) is 0 Å². The maximum absolute atomic E-state index is 3.67. The van der Waals surface area contributed by atoms with Gasteiger partial charge in [-0.15, -0.1) is 6.58 Å². The second-order valence-electron chi connectivity index (χ2n) is 4.69. The molecule has 0 unspecified atom stereocenters. The zero-order valence-electron chi connectivity index (χ0n) is 9.44. The second kappa shape index (κ2) is 6.20. The highest BCUT2D eigenvalue weighted by Crippen LogP contribution is 2.36. The molecule has 2 nitrogen and oxygen atoms in total. The SMILES string of the molecule is C=CCNCCNCC1(C)CCCC1. The third-order valence-electron chi connectivity index (χ3n) is 3.13. The van der Waals surface area contributed by atoms with E-state index in [9.17, 15) is 0 Å². The summed E-state index contributed by atoms with van der Waals surface area (Å²) in [7, 11) is 0. The van der Waals surface area contributed by atoms with Crippen LogP contribution in [0, 0.1) is 5.41 Å². The van der Waals surface area contributed by atoms with Gasteiger partial charge in [0.05, 0.1) is 0 Å². The van der Waals surface area contributed by atoms with Gasteiger partial charge in [0.25, 0.3) is 0 Å². The molecule has 14 heavy (non-hydrogen) atoms. The second-order valence-corrected chi connectivity index (χ2v) is 4.69. The van der Waals surface area contributed by atoms with Crippen molar-refractivity contribution in [3.63, 3.8) is 0 Å². The lowest BCUT2D eigenvalue weighted by Crippen LogP contribution is -2.34. The predicted octanol–water partition coefficient (Wildman–Crippen LogP) is 1.93. The third kappa shape index (κ3) is 4.25. The van der Waals surface area contributed by atoms with Gasteiger partial charge >= 0.3 is 0 Å². The summed E-state index contributed by atoms with van der Waals surface area (Å²) >= 11 is 0. The molecular weight excluding hydrogens is 172 g/mol. The van der Waals surface area contributed by atoms with Crippen LogP contribution < -0.4 is 10.6 Å². The smallest absolute Gasteiger partial charge is 0.0132 e. The molecule has 0 saturated heterocycles. The molecule has 0 aliphatic heterocycles. The number of hydrogen-bond donors (Lipinski definition) is 2. The van der Waals surface area contributed by atoms with Crippen molar-refractivity contribution in [2.24, 2.45) is 5.41 Å². The summed E-state index contributed by atoms with van der Waals surface area (Å²) in [5, 5.41) is 6.82. The van der Waals surface area contributed by atoms with E-state index in [0.29, 0.717) is 5.41 Å². The van der Waals surface area contributed by atoms with E-state index in [2.05, 4.69) is 24.1 Å². The molecule has 0 atom stereocenters. The monoisotopic (exact) mass is 196 g/mol. The minimum absolute atomic E-state index is 0.582. The molecule has 0 aromatic rings. The van der Waals surface area contributed by atoms with E-state index in [1.807, 2.05) is 6.08 Å². The predicted molar refractivity (Wildman–Crippen MR) is 62.5 cm³/mol. The quantitative estimate of drug-likeness (QED) is 0.480. The van der Waals surface area contributed by atoms with E-state index in [-0.39, 0.29) is 0 Å². The molecule has 1 aliphatic rings. The molecule has 0 aromatic heterocycles. The highest BCUT2D eigenvalue weighted by atomic mass is 14.9. The Morgan fingerprint density at radius 2 is 1.86 bits per heavy atom. The summed E-state index contributed by atoms with van der Waals surface area (Å²) in [5.74, 6) is 0. The van der Waals surface area contributed by atoms with Crippen LogP contribution in [0.2, 0.25) is 0 Å². The molecule has 0 aromatic carbocycles. The normalized spacial score (nSPS) is 19.8. The van der Waals surface area contributed by atoms with E-state index >= 15 is 0 Å². The fraction of sp³-hybridized carbons (Fsp3) is 0.833. The van der Waals surface area contributed by atoms with Crippen LogP contribution >= 0.6 is 0 Å². The van der Waals surface area contributed by atoms with E-state index in [4.69, 9.17) is 0 Å². The molecule has 1 rings (SSSR count). The van der Waals surface area contributed by atoms with Crippen LogP contribution in [-0.4, -0.2) is 26.2 Å². The summed E-state index contributed by atoms with van der Waals surface area (Å²) in [6.07, 6.45) is 7.55. The lowest BCUT2D eigenvalue weighted by atomic mass is 9.89. The van der Waals surface area contributed by atoms with Gasteiger partial charge in [-0.05, 0) is 18.3 Å². The molecule has 2 heteroatoms. The summed E-state index contributed by atoms with van der Waals surface area (Å²) < 4.78 is 0. The molecule has 0 bridgehead atoms. The van der Waals surface area contributed by atoms with Gasteiger partial charge in [-0.25, -0.2) is 0 Å². The van der Waals surface area contributed by atoms with Gasteiger partial charge in [-0.3, -0.25) is 0 Å². The van der Waals surface area contributed by atoms with Crippen molar-refractivity contribution in [3.05, 3.63) is 12.7 Å². The first kappa shape index (κ1) is 11.7. The van der Waals surface area contributed by atoms with Crippen molar-refractivity contribution < 1.29 is 0 Å². The summed E-state index contributed by atoms with van der Waals surface area (Å²) in [6, 6.07) is 0. The molecule has 0 heterocycles. The van der Waals surface area contributed by atoms with Crippen LogP contribution in [-0.2, 0) is 0 Å². The molecule has 1 aliphatic carbocycles. The Bertz CT molecular complexity index is 160. The Labute approximate surface area is 88.2 Å². The Balaban J connectivity index is 1.95. The van der Waals surface area contributed by atoms with Gasteiger partial charge in [0, 0.05) is 26.2 Å². The van der Waals surface area contributed by atoms with Gasteiger partial charge in [-0.2, -0.15) is 0 Å². The highest BCUT2D eigenvalue weighted by molar-refractivity contribution is 4.82. The van der Waals surface area contributed by atoms with Gasteiger partial charge < -0.3 is 10.6 Å². The van der Waals surface area contributed by atoms with Crippen LogP contribution in [0.1, 0.15) is 32.6 Å². The van der Waals surface area contributed by atoms with Crippen LogP contribution in [0.3, 0.4) is 0 Å². The fourth-order valence-corrected chi connectivity index (χ4v) is 2.18. The van der Waals surface area contributed by atoms with Crippen molar-refractivity contribution in [2.45, 2.75) is 32.6 Å². The lowest BCUT2D eigenvalue weighted by molar-refractivity contribution is 0.316.